The van der Waals surface area contributed by atoms with Crippen molar-refractivity contribution in [3.63, 3.8) is 0 Å². The summed E-state index contributed by atoms with van der Waals surface area (Å²) in [6.45, 7) is 1.68. The summed E-state index contributed by atoms with van der Waals surface area (Å²) in [4.78, 5) is 17.3. The Morgan fingerprint density at radius 3 is 2.57 bits per heavy atom. The molecule has 0 fully saturated rings. The van der Waals surface area contributed by atoms with Crippen LogP contribution in [0.2, 0.25) is 10.0 Å². The van der Waals surface area contributed by atoms with E-state index in [1.54, 1.807) is 19.2 Å². The third-order valence-electron chi connectivity index (χ3n) is 4.27. The number of hydrogen-bond donors (Lipinski definition) is 1. The van der Waals surface area contributed by atoms with E-state index in [2.05, 4.69) is 4.98 Å². The number of halogens is 2. The van der Waals surface area contributed by atoms with Crippen molar-refractivity contribution in [2.24, 2.45) is 0 Å². The quantitative estimate of drug-likeness (QED) is 0.606. The van der Waals surface area contributed by atoms with E-state index in [-0.39, 0.29) is 39.3 Å². The maximum Gasteiger partial charge on any atom is 0.297 e. The van der Waals surface area contributed by atoms with Crippen molar-refractivity contribution in [1.29, 1.82) is 5.26 Å². The van der Waals surface area contributed by atoms with Crippen LogP contribution in [0, 0.1) is 11.3 Å². The molecule has 0 amide bonds. The highest BCUT2D eigenvalue weighted by Gasteiger charge is 2.20. The molecule has 7 nitrogen and oxygen atoms in total. The van der Waals surface area contributed by atoms with Crippen molar-refractivity contribution >= 4 is 23.2 Å². The lowest BCUT2D eigenvalue weighted by Crippen LogP contribution is -2.24. The Hall–Kier alpha value is -3.05. The smallest absolute Gasteiger partial charge is 0.297 e. The summed E-state index contributed by atoms with van der Waals surface area (Å²) in [5.41, 5.74) is 0.454. The predicted octanol–water partition coefficient (Wildman–Crippen LogP) is 4.32. The van der Waals surface area contributed by atoms with Crippen LogP contribution >= 0.6 is 23.2 Å². The van der Waals surface area contributed by atoms with Gasteiger partial charge in [0, 0.05) is 11.1 Å². The van der Waals surface area contributed by atoms with Crippen LogP contribution in [0.25, 0.3) is 0 Å². The van der Waals surface area contributed by atoms with Crippen molar-refractivity contribution in [2.75, 3.05) is 7.11 Å². The third kappa shape index (κ3) is 4.57. The lowest BCUT2D eigenvalue weighted by Gasteiger charge is -2.15. The van der Waals surface area contributed by atoms with E-state index in [4.69, 9.17) is 32.7 Å². The van der Waals surface area contributed by atoms with Gasteiger partial charge in [0.1, 0.15) is 28.3 Å². The largest absolute Gasteiger partial charge is 0.497 e. The predicted molar refractivity (Wildman–Crippen MR) is 112 cm³/mol. The van der Waals surface area contributed by atoms with Crippen LogP contribution in [0.1, 0.15) is 29.8 Å². The molecular formula is C21H17Cl2N3O4. The van der Waals surface area contributed by atoms with Gasteiger partial charge in [0.05, 0.1) is 31.6 Å². The van der Waals surface area contributed by atoms with Crippen molar-refractivity contribution in [1.82, 2.24) is 9.55 Å². The Labute approximate surface area is 182 Å². The molecule has 1 atom stereocenters. The highest BCUT2D eigenvalue weighted by atomic mass is 35.5. The summed E-state index contributed by atoms with van der Waals surface area (Å²) < 4.78 is 12.2. The SMILES string of the molecule is COc1ccc(Cn2cnc(C(C)O)c(Oc3cc(Cl)cc(C#N)c3Cl)c2=O)cc1. The van der Waals surface area contributed by atoms with Gasteiger partial charge >= 0.3 is 0 Å². The molecule has 1 unspecified atom stereocenters. The fourth-order valence-corrected chi connectivity index (χ4v) is 3.14. The molecule has 30 heavy (non-hydrogen) atoms. The summed E-state index contributed by atoms with van der Waals surface area (Å²) in [5.74, 6) is 0.513. The molecule has 3 aromatic rings. The fraction of sp³-hybridized carbons (Fsp3) is 0.190. The summed E-state index contributed by atoms with van der Waals surface area (Å²) in [6.07, 6.45) is 0.263. The second-order valence-electron chi connectivity index (χ2n) is 6.40. The molecule has 0 aliphatic carbocycles. The van der Waals surface area contributed by atoms with E-state index in [0.717, 1.165) is 5.56 Å². The van der Waals surface area contributed by atoms with Crippen molar-refractivity contribution in [3.8, 4) is 23.3 Å². The molecule has 0 spiro atoms. The molecule has 0 radical (unpaired) electrons. The number of ether oxygens (including phenoxy) is 2. The standard InChI is InChI=1S/C21H17Cl2N3O4/c1-12(27)19-20(30-17-8-15(22)7-14(9-24)18(17)23)21(28)26(11-25-19)10-13-3-5-16(29-2)6-4-13/h3-8,11-12,27H,10H2,1-2H3. The van der Waals surface area contributed by atoms with Gasteiger partial charge in [-0.1, -0.05) is 35.3 Å². The molecule has 3 rings (SSSR count). The number of methoxy groups -OCH3 is 1. The van der Waals surface area contributed by atoms with Gasteiger partial charge in [-0.2, -0.15) is 5.26 Å². The first-order chi connectivity index (χ1) is 14.3. The number of benzene rings is 2. The van der Waals surface area contributed by atoms with Gasteiger partial charge in [-0.15, -0.1) is 0 Å². The van der Waals surface area contributed by atoms with Crippen LogP contribution in [0.5, 0.6) is 17.2 Å². The Balaban J connectivity index is 2.05. The van der Waals surface area contributed by atoms with Crippen LogP contribution in [-0.2, 0) is 6.54 Å². The minimum atomic E-state index is -1.07. The first-order valence-corrected chi connectivity index (χ1v) is 9.57. The van der Waals surface area contributed by atoms with E-state index in [9.17, 15) is 15.2 Å². The lowest BCUT2D eigenvalue weighted by atomic mass is 10.2. The third-order valence-corrected chi connectivity index (χ3v) is 4.88. The van der Waals surface area contributed by atoms with Crippen LogP contribution in [-0.4, -0.2) is 21.8 Å². The first-order valence-electron chi connectivity index (χ1n) is 8.81. The Morgan fingerprint density at radius 1 is 1.27 bits per heavy atom. The number of rotatable bonds is 6. The average Bonchev–Trinajstić information content (AvgIpc) is 2.73. The molecule has 1 heterocycles. The highest BCUT2D eigenvalue weighted by Crippen LogP contribution is 2.35. The van der Waals surface area contributed by atoms with Crippen LogP contribution in [0.4, 0.5) is 0 Å². The maximum absolute atomic E-state index is 13.1. The number of aliphatic hydroxyl groups excluding tert-OH is 1. The van der Waals surface area contributed by atoms with Crippen LogP contribution in [0.3, 0.4) is 0 Å². The van der Waals surface area contributed by atoms with E-state index in [0.29, 0.717) is 5.75 Å². The molecule has 0 aliphatic heterocycles. The Morgan fingerprint density at radius 2 is 1.97 bits per heavy atom. The fourth-order valence-electron chi connectivity index (χ4n) is 2.75. The van der Waals surface area contributed by atoms with E-state index < -0.39 is 11.7 Å². The summed E-state index contributed by atoms with van der Waals surface area (Å²) in [7, 11) is 1.57. The second kappa shape index (κ2) is 9.18. The molecular weight excluding hydrogens is 429 g/mol. The number of aromatic nitrogens is 2. The van der Waals surface area contributed by atoms with E-state index in [1.807, 2.05) is 18.2 Å². The number of nitrogens with zero attached hydrogens (tertiary/aromatic N) is 3. The molecule has 2 aromatic carbocycles. The van der Waals surface area contributed by atoms with Crippen molar-refractivity contribution < 1.29 is 14.6 Å². The lowest BCUT2D eigenvalue weighted by molar-refractivity contribution is 0.189. The van der Waals surface area contributed by atoms with Crippen molar-refractivity contribution in [3.05, 3.63) is 79.9 Å². The molecule has 1 aromatic heterocycles. The zero-order valence-electron chi connectivity index (χ0n) is 16.1. The second-order valence-corrected chi connectivity index (χ2v) is 7.21. The molecule has 9 heteroatoms. The summed E-state index contributed by atoms with van der Waals surface area (Å²) >= 11 is 12.2. The zero-order chi connectivity index (χ0) is 21.8. The summed E-state index contributed by atoms with van der Waals surface area (Å²) in [6, 6.07) is 11.9. The number of aliphatic hydroxyl groups is 1. The number of nitriles is 1. The Bertz CT molecular complexity index is 1170. The molecule has 0 saturated carbocycles. The maximum atomic E-state index is 13.1. The monoisotopic (exact) mass is 445 g/mol. The normalized spacial score (nSPS) is 11.6. The van der Waals surface area contributed by atoms with Gasteiger partial charge in [-0.3, -0.25) is 9.36 Å². The van der Waals surface area contributed by atoms with Gasteiger partial charge in [-0.25, -0.2) is 4.98 Å². The van der Waals surface area contributed by atoms with E-state index in [1.165, 1.54) is 30.0 Å². The highest BCUT2D eigenvalue weighted by molar-refractivity contribution is 6.35. The van der Waals surface area contributed by atoms with Gasteiger partial charge in [0.15, 0.2) is 0 Å². The Kier molecular flexibility index (Phi) is 6.63. The van der Waals surface area contributed by atoms with Crippen LogP contribution < -0.4 is 15.0 Å². The topological polar surface area (TPSA) is 97.4 Å². The minimum Gasteiger partial charge on any atom is -0.497 e. The molecule has 0 aliphatic rings. The van der Waals surface area contributed by atoms with E-state index >= 15 is 0 Å². The zero-order valence-corrected chi connectivity index (χ0v) is 17.6. The summed E-state index contributed by atoms with van der Waals surface area (Å²) in [5, 5.41) is 19.5. The molecule has 0 saturated heterocycles. The molecule has 1 N–H and O–H groups in total. The van der Waals surface area contributed by atoms with Gasteiger partial charge < -0.3 is 14.6 Å². The molecule has 0 bridgehead atoms. The van der Waals surface area contributed by atoms with Gasteiger partial charge in [-0.05, 0) is 30.7 Å². The van der Waals surface area contributed by atoms with Gasteiger partial charge in [0.25, 0.3) is 5.56 Å². The van der Waals surface area contributed by atoms with Crippen LogP contribution in [0.15, 0.2) is 47.5 Å². The molecule has 154 valence electrons. The van der Waals surface area contributed by atoms with Crippen molar-refractivity contribution in [2.45, 2.75) is 19.6 Å². The average molecular weight is 446 g/mol. The first kappa shape index (κ1) is 21.7. The number of hydrogen-bond acceptors (Lipinski definition) is 6. The minimum absolute atomic E-state index is 0.00315. The van der Waals surface area contributed by atoms with Gasteiger partial charge in [0.2, 0.25) is 5.75 Å².